The SMILES string of the molecule is CCC(C)C1NC(=O)C(Cc2ccc(O)cc2)NC(=O)CNC(=O)CCC(C(=O)NC(C)C(=O)NC(CC(C)C)C(=O)NCC(N)=O)[N+]23C(=O)C(CC(=O)N4CCC2C43)NC(=O)C(CCC(N)=O)NC1=O. The molecule has 5 rings (SSSR count). The largest absolute Gasteiger partial charge is 0.508 e. The zero-order valence-electron chi connectivity index (χ0n) is 40.5. The Hall–Kier alpha value is -7.18. The molecule has 4 saturated heterocycles. The molecule has 388 valence electrons. The van der Waals surface area contributed by atoms with Crippen LogP contribution < -0.4 is 54.0 Å². The lowest BCUT2D eigenvalue weighted by Gasteiger charge is -2.33. The van der Waals surface area contributed by atoms with Crippen LogP contribution in [0.5, 0.6) is 5.75 Å². The van der Waals surface area contributed by atoms with E-state index in [1.54, 1.807) is 27.7 Å². The van der Waals surface area contributed by atoms with Gasteiger partial charge in [-0.2, -0.15) is 0 Å². The molecule has 4 heterocycles. The van der Waals surface area contributed by atoms with E-state index >= 15 is 4.79 Å². The Morgan fingerprint density at radius 2 is 1.49 bits per heavy atom. The van der Waals surface area contributed by atoms with Crippen LogP contribution in [0.15, 0.2) is 24.3 Å². The van der Waals surface area contributed by atoms with Crippen molar-refractivity contribution in [2.45, 2.75) is 147 Å². The molecule has 13 N–H and O–H groups in total. The van der Waals surface area contributed by atoms with Crippen LogP contribution in [0.4, 0.5) is 0 Å². The fraction of sp³-hybridized carbons (Fsp3) is 0.609. The second kappa shape index (κ2) is 23.6. The van der Waals surface area contributed by atoms with E-state index in [-0.39, 0.29) is 50.3 Å². The third-order valence-corrected chi connectivity index (χ3v) is 13.5. The van der Waals surface area contributed by atoms with Crippen LogP contribution in [0, 0.1) is 11.8 Å². The lowest BCUT2D eigenvalue weighted by molar-refractivity contribution is -0.777. The van der Waals surface area contributed by atoms with Gasteiger partial charge in [-0.3, -0.25) is 57.6 Å². The van der Waals surface area contributed by atoms with E-state index in [4.69, 9.17) is 11.5 Å². The molecule has 25 heteroatoms. The molecule has 0 saturated carbocycles. The highest BCUT2D eigenvalue weighted by molar-refractivity contribution is 5.99. The molecule has 71 heavy (non-hydrogen) atoms. The van der Waals surface area contributed by atoms with E-state index in [0.717, 1.165) is 0 Å². The molecule has 25 nitrogen and oxygen atoms in total. The minimum absolute atomic E-state index is 0.0592. The summed E-state index contributed by atoms with van der Waals surface area (Å²) < 4.78 is -0.727. The number of nitrogens with two attached hydrogens (primary N) is 2. The van der Waals surface area contributed by atoms with Gasteiger partial charge >= 0.3 is 5.91 Å². The smallest absolute Gasteiger partial charge is 0.339 e. The zero-order chi connectivity index (χ0) is 52.5. The van der Waals surface area contributed by atoms with Gasteiger partial charge in [0, 0.05) is 38.6 Å². The summed E-state index contributed by atoms with van der Waals surface area (Å²) in [5, 5.41) is 30.3. The van der Waals surface area contributed by atoms with Gasteiger partial charge < -0.3 is 59.1 Å². The molecule has 0 radical (unpaired) electrons. The Labute approximate surface area is 410 Å². The highest BCUT2D eigenvalue weighted by atomic mass is 16.3. The fourth-order valence-corrected chi connectivity index (χ4v) is 9.62. The van der Waals surface area contributed by atoms with Gasteiger partial charge in [0.05, 0.1) is 19.5 Å². The minimum atomic E-state index is -1.61. The predicted octanol–water partition coefficient (Wildman–Crippen LogP) is -4.21. The number of nitrogens with zero attached hydrogens (tertiary/aromatic N) is 2. The number of benzene rings is 1. The first-order valence-electron chi connectivity index (χ1n) is 23.9. The number of hydrogen-bond acceptors (Lipinski definition) is 13. The van der Waals surface area contributed by atoms with Crippen molar-refractivity contribution in [2.75, 3.05) is 19.6 Å². The molecule has 4 fully saturated rings. The molecule has 11 atom stereocenters. The normalized spacial score (nSPS) is 27.4. The Balaban J connectivity index is 1.52. The predicted molar refractivity (Wildman–Crippen MR) is 248 cm³/mol. The van der Waals surface area contributed by atoms with Crippen LogP contribution in [0.1, 0.15) is 91.5 Å². The van der Waals surface area contributed by atoms with E-state index in [1.807, 2.05) is 0 Å². The van der Waals surface area contributed by atoms with Gasteiger partial charge in [0.15, 0.2) is 18.1 Å². The van der Waals surface area contributed by atoms with Gasteiger partial charge in [-0.1, -0.05) is 46.2 Å². The van der Waals surface area contributed by atoms with E-state index in [1.165, 1.54) is 36.1 Å². The third-order valence-electron chi connectivity index (χ3n) is 13.5. The van der Waals surface area contributed by atoms with Crippen LogP contribution in [0.3, 0.4) is 0 Å². The van der Waals surface area contributed by atoms with Crippen LogP contribution in [0.25, 0.3) is 0 Å². The molecule has 2 bridgehead atoms. The van der Waals surface area contributed by atoms with E-state index in [2.05, 4.69) is 42.5 Å². The van der Waals surface area contributed by atoms with Crippen molar-refractivity contribution in [1.29, 1.82) is 0 Å². The first kappa shape index (κ1) is 54.8. The third kappa shape index (κ3) is 13.4. The van der Waals surface area contributed by atoms with Crippen molar-refractivity contribution in [2.24, 2.45) is 23.3 Å². The number of nitrogens with one attached hydrogen (secondary N) is 8. The number of quaternary nitrogens is 1. The van der Waals surface area contributed by atoms with Crippen molar-refractivity contribution in [3.8, 4) is 5.75 Å². The Morgan fingerprint density at radius 1 is 0.817 bits per heavy atom. The molecule has 4 aliphatic rings. The summed E-state index contributed by atoms with van der Waals surface area (Å²) in [6.07, 6.45) is -2.52. The van der Waals surface area contributed by atoms with Gasteiger partial charge in [0.25, 0.3) is 5.91 Å². The maximum Gasteiger partial charge on any atom is 0.339 e. The molecular weight excluding hydrogens is 929 g/mol. The lowest BCUT2D eigenvalue weighted by atomic mass is 9.96. The molecule has 12 amide bonds. The van der Waals surface area contributed by atoms with Crippen LogP contribution in [-0.2, 0) is 64.0 Å². The van der Waals surface area contributed by atoms with Crippen LogP contribution >= 0.6 is 0 Å². The van der Waals surface area contributed by atoms with Crippen molar-refractivity contribution in [1.82, 2.24) is 47.4 Å². The Morgan fingerprint density at radius 3 is 2.13 bits per heavy atom. The number of rotatable bonds is 16. The summed E-state index contributed by atoms with van der Waals surface area (Å²) in [7, 11) is 0. The van der Waals surface area contributed by atoms with Gasteiger partial charge in [-0.15, -0.1) is 0 Å². The average Bonchev–Trinajstić information content (AvgIpc) is 3.74. The molecule has 1 spiro atoms. The summed E-state index contributed by atoms with van der Waals surface area (Å²) in [6.45, 7) is 7.37. The summed E-state index contributed by atoms with van der Waals surface area (Å²) >= 11 is 0. The molecule has 11 unspecified atom stereocenters. The van der Waals surface area contributed by atoms with Crippen molar-refractivity contribution in [3.63, 3.8) is 0 Å². The van der Waals surface area contributed by atoms with Crippen LogP contribution in [0.2, 0.25) is 0 Å². The summed E-state index contributed by atoms with van der Waals surface area (Å²) in [6, 6.07) is -4.74. The second-order valence-corrected chi connectivity index (χ2v) is 19.2. The quantitative estimate of drug-likeness (QED) is 0.0554. The molecular formula is C46H67N12O13+. The van der Waals surface area contributed by atoms with Gasteiger partial charge in [0.2, 0.25) is 65.2 Å². The first-order chi connectivity index (χ1) is 33.5. The van der Waals surface area contributed by atoms with Gasteiger partial charge in [-0.25, -0.2) is 9.28 Å². The Bertz CT molecular complexity index is 2280. The number of amides is 12. The first-order valence-corrected chi connectivity index (χ1v) is 23.9. The van der Waals surface area contributed by atoms with E-state index < -0.39 is 168 Å². The van der Waals surface area contributed by atoms with Gasteiger partial charge in [-0.05, 0) is 49.3 Å². The highest BCUT2D eigenvalue weighted by Crippen LogP contribution is 2.54. The standard InChI is InChI=1S/C46H66N12O13/c1-6-23(4)38-44(70)53-27(11-13-33(47)60)41(67)55-30-19-37(64)57-16-15-32-45(57)58(32,46(30)71)31(43(69)51-24(5)39(65)54-28(17-22(2)3)40(66)50-20-34(48)61)12-14-35(62)49-21-36(63)52-29(42(68)56-38)18-25-7-9-26(59)10-8-25/h7-10,22-24,27-32,38,45H,6,11-21H2,1-5H3,(H12-,47,48,49,50,51,52,53,54,55,56,59,60,61,62,63,65,66,67,68,69,70)/p+1. The maximum absolute atomic E-state index is 15.2. The summed E-state index contributed by atoms with van der Waals surface area (Å²) in [4.78, 5) is 165. The lowest BCUT2D eigenvalue weighted by Crippen LogP contribution is -2.63. The number of carbonyl (C=O) groups excluding carboxylic acids is 12. The Kier molecular flexibility index (Phi) is 18.2. The molecule has 0 aromatic heterocycles. The zero-order valence-corrected chi connectivity index (χ0v) is 40.5. The van der Waals surface area contributed by atoms with E-state index in [9.17, 15) is 57.8 Å². The topological polar surface area (TPSA) is 377 Å². The minimum Gasteiger partial charge on any atom is -0.508 e. The number of aromatic hydroxyl groups is 1. The summed E-state index contributed by atoms with van der Waals surface area (Å²) in [5.74, 6) is -10.4. The van der Waals surface area contributed by atoms with Crippen LogP contribution in [-0.4, -0.2) is 160 Å². The molecule has 4 aliphatic heterocycles. The maximum atomic E-state index is 15.2. The average molecular weight is 996 g/mol. The second-order valence-electron chi connectivity index (χ2n) is 19.2. The van der Waals surface area contributed by atoms with Gasteiger partial charge in [0.1, 0.15) is 36.0 Å². The van der Waals surface area contributed by atoms with Crippen molar-refractivity contribution < 1.29 is 67.1 Å². The number of carbonyl (C=O) groups is 12. The highest BCUT2D eigenvalue weighted by Gasteiger charge is 2.82. The molecule has 1 aromatic carbocycles. The summed E-state index contributed by atoms with van der Waals surface area (Å²) in [5.41, 5.74) is 11.1. The number of phenolic OH excluding ortho intramolecular Hbond substituents is 1. The van der Waals surface area contributed by atoms with Crippen molar-refractivity contribution >= 4 is 70.9 Å². The number of fused-ring (bicyclic) bond motifs is 1. The number of primary amides is 2. The molecule has 1 aromatic rings. The fourth-order valence-electron chi connectivity index (χ4n) is 9.62. The van der Waals surface area contributed by atoms with E-state index in [0.29, 0.717) is 12.0 Å². The molecule has 0 aliphatic carbocycles. The number of phenols is 1. The monoisotopic (exact) mass is 995 g/mol. The van der Waals surface area contributed by atoms with Crippen molar-refractivity contribution in [3.05, 3.63) is 29.8 Å². The number of hydrogen-bond donors (Lipinski definition) is 11.